The van der Waals surface area contributed by atoms with Gasteiger partial charge < -0.3 is 9.15 Å². The van der Waals surface area contributed by atoms with Crippen molar-refractivity contribution >= 4 is 12.0 Å². The van der Waals surface area contributed by atoms with Crippen LogP contribution >= 0.6 is 0 Å². The summed E-state index contributed by atoms with van der Waals surface area (Å²) in [6, 6.07) is 15.4. The van der Waals surface area contributed by atoms with E-state index in [9.17, 15) is 9.18 Å². The second-order valence-electron chi connectivity index (χ2n) is 6.78. The average Bonchev–Trinajstić information content (AvgIpc) is 3.37. The summed E-state index contributed by atoms with van der Waals surface area (Å²) in [5.41, 5.74) is 3.85. The zero-order chi connectivity index (χ0) is 21.8. The summed E-state index contributed by atoms with van der Waals surface area (Å²) in [6.07, 6.45) is 2.96. The highest BCUT2D eigenvalue weighted by Gasteiger charge is 2.12. The first-order valence-corrected chi connectivity index (χ1v) is 9.56. The Balaban J connectivity index is 1.41. The van der Waals surface area contributed by atoms with E-state index in [1.54, 1.807) is 22.9 Å². The van der Waals surface area contributed by atoms with Gasteiger partial charge in [-0.1, -0.05) is 18.2 Å². The molecule has 2 aromatic carbocycles. The molecule has 2 aromatic heterocycles. The summed E-state index contributed by atoms with van der Waals surface area (Å²) in [5.74, 6) is -0.295. The van der Waals surface area contributed by atoms with Crippen LogP contribution < -0.4 is 0 Å². The number of esters is 1. The summed E-state index contributed by atoms with van der Waals surface area (Å²) in [5, 5.41) is 12.3. The fourth-order valence-corrected chi connectivity index (χ4v) is 3.07. The lowest BCUT2D eigenvalue weighted by Crippen LogP contribution is -2.01. The molecule has 8 heteroatoms. The fourth-order valence-electron chi connectivity index (χ4n) is 3.07. The van der Waals surface area contributed by atoms with Gasteiger partial charge in [0.25, 0.3) is 5.89 Å². The van der Waals surface area contributed by atoms with Crippen LogP contribution in [0.1, 0.15) is 22.8 Å². The SMILES string of the molecule is Cc1nn(-c2ccc(F)cc2)c(C)c1/C=C/C(=O)OCc1nnc(-c2ccccc2)o1. The van der Waals surface area contributed by atoms with Crippen LogP contribution in [0.3, 0.4) is 0 Å². The number of hydrogen-bond acceptors (Lipinski definition) is 6. The van der Waals surface area contributed by atoms with E-state index in [0.717, 1.165) is 28.2 Å². The molecule has 0 amide bonds. The van der Waals surface area contributed by atoms with Crippen molar-refractivity contribution in [2.45, 2.75) is 20.5 Å². The van der Waals surface area contributed by atoms with Crippen molar-refractivity contribution in [1.29, 1.82) is 0 Å². The molecule has 7 nitrogen and oxygen atoms in total. The van der Waals surface area contributed by atoms with Gasteiger partial charge in [0.1, 0.15) is 5.82 Å². The normalized spacial score (nSPS) is 11.2. The van der Waals surface area contributed by atoms with Crippen LogP contribution in [0.25, 0.3) is 23.2 Å². The number of aromatic nitrogens is 4. The van der Waals surface area contributed by atoms with Gasteiger partial charge >= 0.3 is 5.97 Å². The van der Waals surface area contributed by atoms with Gasteiger partial charge in [-0.25, -0.2) is 13.9 Å². The molecule has 0 atom stereocenters. The lowest BCUT2D eigenvalue weighted by Gasteiger charge is -2.04. The Bertz CT molecular complexity index is 1230. The maximum absolute atomic E-state index is 13.2. The van der Waals surface area contributed by atoms with Crippen LogP contribution in [0.2, 0.25) is 0 Å². The van der Waals surface area contributed by atoms with Crippen molar-refractivity contribution in [3.05, 3.63) is 89.3 Å². The molecule has 0 aliphatic rings. The van der Waals surface area contributed by atoms with E-state index in [1.165, 1.54) is 18.2 Å². The molecule has 4 aromatic rings. The summed E-state index contributed by atoms with van der Waals surface area (Å²) in [7, 11) is 0. The predicted octanol–water partition coefficient (Wildman–Crippen LogP) is 4.43. The molecule has 31 heavy (non-hydrogen) atoms. The summed E-state index contributed by atoms with van der Waals surface area (Å²) in [6.45, 7) is 3.58. The van der Waals surface area contributed by atoms with Crippen LogP contribution in [-0.4, -0.2) is 25.9 Å². The molecule has 2 heterocycles. The van der Waals surface area contributed by atoms with Crippen LogP contribution in [0.5, 0.6) is 0 Å². The molecule has 0 fully saturated rings. The summed E-state index contributed by atoms with van der Waals surface area (Å²) < 4.78 is 25.6. The van der Waals surface area contributed by atoms with Crippen molar-refractivity contribution in [2.75, 3.05) is 0 Å². The third-order valence-corrected chi connectivity index (χ3v) is 4.63. The van der Waals surface area contributed by atoms with Gasteiger partial charge in [-0.05, 0) is 56.3 Å². The molecule has 156 valence electrons. The smallest absolute Gasteiger partial charge is 0.331 e. The fraction of sp³-hybridized carbons (Fsp3) is 0.130. The second kappa shape index (κ2) is 8.74. The Morgan fingerprint density at radius 2 is 1.84 bits per heavy atom. The number of rotatable bonds is 6. The van der Waals surface area contributed by atoms with E-state index >= 15 is 0 Å². The molecule has 0 aliphatic heterocycles. The average molecular weight is 418 g/mol. The first-order valence-electron chi connectivity index (χ1n) is 9.56. The van der Waals surface area contributed by atoms with Crippen LogP contribution in [0, 0.1) is 19.7 Å². The highest BCUT2D eigenvalue weighted by atomic mass is 19.1. The maximum Gasteiger partial charge on any atom is 0.331 e. The van der Waals surface area contributed by atoms with Crippen molar-refractivity contribution < 1.29 is 18.3 Å². The van der Waals surface area contributed by atoms with Gasteiger partial charge in [0.05, 0.1) is 11.4 Å². The molecular weight excluding hydrogens is 399 g/mol. The zero-order valence-electron chi connectivity index (χ0n) is 16.9. The van der Waals surface area contributed by atoms with Crippen LogP contribution in [-0.2, 0) is 16.1 Å². The number of carbonyl (C=O) groups excluding carboxylic acids is 1. The van der Waals surface area contributed by atoms with E-state index in [-0.39, 0.29) is 18.3 Å². The summed E-state index contributed by atoms with van der Waals surface area (Å²) in [4.78, 5) is 12.1. The Morgan fingerprint density at radius 3 is 2.58 bits per heavy atom. The van der Waals surface area contributed by atoms with E-state index in [1.807, 2.05) is 44.2 Å². The standard InChI is InChI=1S/C23H19FN4O3/c1-15-20(16(2)28(27-15)19-10-8-18(24)9-11-19)12-13-22(29)30-14-21-25-26-23(31-21)17-6-4-3-5-7-17/h3-13H,14H2,1-2H3/b13-12+. The highest BCUT2D eigenvalue weighted by Crippen LogP contribution is 2.20. The second-order valence-corrected chi connectivity index (χ2v) is 6.78. The van der Waals surface area contributed by atoms with Gasteiger partial charge in [-0.2, -0.15) is 5.10 Å². The minimum atomic E-state index is -0.548. The Labute approximate surface area is 177 Å². The van der Waals surface area contributed by atoms with Gasteiger partial charge in [-0.15, -0.1) is 10.2 Å². The number of hydrogen-bond donors (Lipinski definition) is 0. The Hall–Kier alpha value is -4.07. The van der Waals surface area contributed by atoms with Crippen LogP contribution in [0.4, 0.5) is 4.39 Å². The van der Waals surface area contributed by atoms with Gasteiger partial charge in [-0.3, -0.25) is 0 Å². The number of carbonyl (C=O) groups is 1. The predicted molar refractivity (Wildman–Crippen MR) is 112 cm³/mol. The monoisotopic (exact) mass is 418 g/mol. The van der Waals surface area contributed by atoms with E-state index in [0.29, 0.717) is 5.89 Å². The van der Waals surface area contributed by atoms with Crippen molar-refractivity contribution in [3.63, 3.8) is 0 Å². The number of ether oxygens (including phenoxy) is 1. The van der Waals surface area contributed by atoms with Gasteiger partial charge in [0, 0.05) is 22.9 Å². The molecule has 0 N–H and O–H groups in total. The maximum atomic E-state index is 13.2. The zero-order valence-corrected chi connectivity index (χ0v) is 16.9. The molecule has 0 unspecified atom stereocenters. The highest BCUT2D eigenvalue weighted by molar-refractivity contribution is 5.87. The molecule has 0 aliphatic carbocycles. The van der Waals surface area contributed by atoms with Crippen molar-refractivity contribution in [2.24, 2.45) is 0 Å². The van der Waals surface area contributed by atoms with Crippen molar-refractivity contribution in [1.82, 2.24) is 20.0 Å². The Kier molecular flexibility index (Phi) is 5.70. The molecule has 0 saturated heterocycles. The first kappa shape index (κ1) is 20.2. The topological polar surface area (TPSA) is 83.0 Å². The molecular formula is C23H19FN4O3. The molecule has 0 radical (unpaired) electrons. The molecule has 0 bridgehead atoms. The number of halogens is 1. The Morgan fingerprint density at radius 1 is 1.10 bits per heavy atom. The number of nitrogens with zero attached hydrogens (tertiary/aromatic N) is 4. The number of aryl methyl sites for hydroxylation is 1. The minimum absolute atomic E-state index is 0.129. The van der Waals surface area contributed by atoms with Crippen molar-refractivity contribution in [3.8, 4) is 17.1 Å². The van der Waals surface area contributed by atoms with E-state index in [2.05, 4.69) is 15.3 Å². The lowest BCUT2D eigenvalue weighted by atomic mass is 10.2. The lowest BCUT2D eigenvalue weighted by molar-refractivity contribution is -0.139. The van der Waals surface area contributed by atoms with Gasteiger partial charge in [0.15, 0.2) is 6.61 Å². The van der Waals surface area contributed by atoms with Gasteiger partial charge in [0.2, 0.25) is 5.89 Å². The van der Waals surface area contributed by atoms with E-state index in [4.69, 9.17) is 9.15 Å². The van der Waals surface area contributed by atoms with Crippen LogP contribution in [0.15, 0.2) is 65.1 Å². The molecule has 4 rings (SSSR count). The third kappa shape index (κ3) is 4.58. The number of benzene rings is 2. The first-order chi connectivity index (χ1) is 15.0. The summed E-state index contributed by atoms with van der Waals surface area (Å²) >= 11 is 0. The van der Waals surface area contributed by atoms with E-state index < -0.39 is 5.97 Å². The largest absolute Gasteiger partial charge is 0.452 e. The molecule has 0 spiro atoms. The minimum Gasteiger partial charge on any atom is -0.452 e. The third-order valence-electron chi connectivity index (χ3n) is 4.63. The quantitative estimate of drug-likeness (QED) is 0.340. The molecule has 0 saturated carbocycles.